The van der Waals surface area contributed by atoms with Crippen molar-refractivity contribution in [1.29, 1.82) is 0 Å². The van der Waals surface area contributed by atoms with Crippen molar-refractivity contribution >= 4 is 39.2 Å². The Kier molecular flexibility index (Phi) is 5.60. The maximum Gasteiger partial charge on any atom is 0.263 e. The van der Waals surface area contributed by atoms with Crippen molar-refractivity contribution in [3.63, 3.8) is 0 Å². The van der Waals surface area contributed by atoms with E-state index in [-0.39, 0.29) is 11.5 Å². The quantitative estimate of drug-likeness (QED) is 0.575. The van der Waals surface area contributed by atoms with E-state index in [1.165, 1.54) is 35.0 Å². The molecule has 0 radical (unpaired) electrons. The van der Waals surface area contributed by atoms with Crippen LogP contribution in [0.25, 0.3) is 10.2 Å². The molecular formula is C20H27N3O2S2. The highest BCUT2D eigenvalue weighted by Crippen LogP contribution is 2.34. The number of carbonyl (C=O) groups is 1. The van der Waals surface area contributed by atoms with Gasteiger partial charge >= 0.3 is 0 Å². The summed E-state index contributed by atoms with van der Waals surface area (Å²) >= 11 is 3.09. The van der Waals surface area contributed by atoms with E-state index in [0.717, 1.165) is 49.0 Å². The first-order valence-corrected chi connectivity index (χ1v) is 11.8. The van der Waals surface area contributed by atoms with E-state index >= 15 is 0 Å². The molecule has 1 aliphatic carbocycles. The molecule has 1 fully saturated rings. The van der Waals surface area contributed by atoms with Crippen molar-refractivity contribution in [3.8, 4) is 0 Å². The van der Waals surface area contributed by atoms with Crippen LogP contribution in [-0.4, -0.2) is 39.2 Å². The van der Waals surface area contributed by atoms with Crippen LogP contribution in [0.3, 0.4) is 0 Å². The highest BCUT2D eigenvalue weighted by atomic mass is 32.2. The van der Waals surface area contributed by atoms with Gasteiger partial charge in [0.05, 0.1) is 11.1 Å². The fraction of sp³-hybridized carbons (Fsp3) is 0.650. The van der Waals surface area contributed by atoms with Crippen molar-refractivity contribution in [1.82, 2.24) is 14.5 Å². The summed E-state index contributed by atoms with van der Waals surface area (Å²) in [6, 6.07) is 0. The second-order valence-electron chi connectivity index (χ2n) is 7.71. The van der Waals surface area contributed by atoms with Crippen LogP contribution < -0.4 is 5.56 Å². The molecule has 1 saturated heterocycles. The molecule has 1 amide bonds. The van der Waals surface area contributed by atoms with E-state index in [1.807, 2.05) is 11.8 Å². The molecule has 27 heavy (non-hydrogen) atoms. The van der Waals surface area contributed by atoms with Gasteiger partial charge in [-0.25, -0.2) is 4.98 Å². The van der Waals surface area contributed by atoms with Gasteiger partial charge < -0.3 is 4.90 Å². The molecule has 2 aliphatic rings. The van der Waals surface area contributed by atoms with Crippen LogP contribution in [0, 0.1) is 5.92 Å². The monoisotopic (exact) mass is 405 g/mol. The molecule has 146 valence electrons. The largest absolute Gasteiger partial charge is 0.342 e. The molecule has 0 unspecified atom stereocenters. The highest BCUT2D eigenvalue weighted by molar-refractivity contribution is 7.99. The topological polar surface area (TPSA) is 55.2 Å². The fourth-order valence-electron chi connectivity index (χ4n) is 4.24. The number of thiophene rings is 1. The average molecular weight is 406 g/mol. The summed E-state index contributed by atoms with van der Waals surface area (Å²) in [5, 5.41) is 1.52. The van der Waals surface area contributed by atoms with E-state index < -0.39 is 0 Å². The summed E-state index contributed by atoms with van der Waals surface area (Å²) in [6.07, 6.45) is 6.70. The second kappa shape index (κ2) is 7.95. The van der Waals surface area contributed by atoms with Crippen LogP contribution >= 0.6 is 23.1 Å². The van der Waals surface area contributed by atoms with E-state index in [4.69, 9.17) is 4.98 Å². The lowest BCUT2D eigenvalue weighted by Crippen LogP contribution is -2.40. The predicted molar refractivity (Wildman–Crippen MR) is 112 cm³/mol. The van der Waals surface area contributed by atoms with Gasteiger partial charge in [-0.2, -0.15) is 0 Å². The number of carbonyl (C=O) groups excluding carboxylic acids is 1. The zero-order valence-corrected chi connectivity index (χ0v) is 17.8. The Bertz CT molecular complexity index is 918. The number of hydrogen-bond acceptors (Lipinski definition) is 5. The van der Waals surface area contributed by atoms with Crippen LogP contribution in [0.1, 0.15) is 50.0 Å². The molecule has 2 aromatic rings. The molecule has 0 bridgehead atoms. The Balaban J connectivity index is 1.60. The standard InChI is InChI=1S/C20H27N3O2S2/c1-3-23-19(25)17-14-8-4-5-9-15(14)27-18(17)21-20(23)26-12-16(24)22-10-6-7-13(2)11-22/h13H,3-12H2,1-2H3/t13-/m1/s1. The zero-order chi connectivity index (χ0) is 19.0. The van der Waals surface area contributed by atoms with E-state index in [2.05, 4.69) is 6.92 Å². The minimum absolute atomic E-state index is 0.0726. The summed E-state index contributed by atoms with van der Waals surface area (Å²) < 4.78 is 1.75. The number of hydrogen-bond donors (Lipinski definition) is 0. The number of likely N-dealkylation sites (tertiary alicyclic amines) is 1. The van der Waals surface area contributed by atoms with Gasteiger partial charge in [-0.05, 0) is 56.9 Å². The smallest absolute Gasteiger partial charge is 0.263 e. The predicted octanol–water partition coefficient (Wildman–Crippen LogP) is 3.71. The van der Waals surface area contributed by atoms with Gasteiger partial charge in [0.25, 0.3) is 5.56 Å². The van der Waals surface area contributed by atoms with E-state index in [9.17, 15) is 9.59 Å². The number of piperidine rings is 1. The number of thioether (sulfide) groups is 1. The van der Waals surface area contributed by atoms with Crippen LogP contribution in [0.4, 0.5) is 0 Å². The molecular weight excluding hydrogens is 378 g/mol. The Morgan fingerprint density at radius 1 is 1.30 bits per heavy atom. The van der Waals surface area contributed by atoms with Gasteiger partial charge in [0.2, 0.25) is 5.91 Å². The first-order chi connectivity index (χ1) is 13.1. The Labute approximate surface area is 168 Å². The van der Waals surface area contributed by atoms with Crippen molar-refractivity contribution in [2.24, 2.45) is 5.92 Å². The third-order valence-electron chi connectivity index (χ3n) is 5.69. The minimum atomic E-state index is 0.0726. The fourth-order valence-corrected chi connectivity index (χ4v) is 6.51. The number of aryl methyl sites for hydroxylation is 2. The van der Waals surface area contributed by atoms with Crippen molar-refractivity contribution < 1.29 is 4.79 Å². The number of aromatic nitrogens is 2. The van der Waals surface area contributed by atoms with Crippen LogP contribution in [0.15, 0.2) is 9.95 Å². The number of amides is 1. The molecule has 1 atom stereocenters. The Hall–Kier alpha value is -1.34. The molecule has 7 heteroatoms. The third kappa shape index (κ3) is 3.68. The number of rotatable bonds is 4. The van der Waals surface area contributed by atoms with Gasteiger partial charge in [0.1, 0.15) is 4.83 Å². The normalized spacial score (nSPS) is 20.1. The Morgan fingerprint density at radius 2 is 2.11 bits per heavy atom. The average Bonchev–Trinajstić information content (AvgIpc) is 3.04. The lowest BCUT2D eigenvalue weighted by Gasteiger charge is -2.30. The third-order valence-corrected chi connectivity index (χ3v) is 7.84. The molecule has 4 rings (SSSR count). The summed E-state index contributed by atoms with van der Waals surface area (Å²) in [6.45, 7) is 6.48. The SMILES string of the molecule is CCn1c(SCC(=O)N2CCC[C@@H](C)C2)nc2sc3c(c2c1=O)CCCC3. The lowest BCUT2D eigenvalue weighted by molar-refractivity contribution is -0.130. The molecule has 0 spiro atoms. The van der Waals surface area contributed by atoms with Crippen LogP contribution in [-0.2, 0) is 24.2 Å². The first-order valence-electron chi connectivity index (χ1n) is 10.0. The number of fused-ring (bicyclic) bond motifs is 3. The summed E-state index contributed by atoms with van der Waals surface area (Å²) in [4.78, 5) is 34.7. The molecule has 5 nitrogen and oxygen atoms in total. The van der Waals surface area contributed by atoms with Gasteiger partial charge in [-0.3, -0.25) is 14.2 Å². The maximum atomic E-state index is 13.1. The Morgan fingerprint density at radius 3 is 2.89 bits per heavy atom. The lowest BCUT2D eigenvalue weighted by atomic mass is 9.97. The van der Waals surface area contributed by atoms with Crippen LogP contribution in [0.2, 0.25) is 0 Å². The highest BCUT2D eigenvalue weighted by Gasteiger charge is 2.24. The maximum absolute atomic E-state index is 13.1. The van der Waals surface area contributed by atoms with Crippen LogP contribution in [0.5, 0.6) is 0 Å². The van der Waals surface area contributed by atoms with E-state index in [0.29, 0.717) is 23.4 Å². The summed E-state index contributed by atoms with van der Waals surface area (Å²) in [5.74, 6) is 1.10. The molecule has 0 saturated carbocycles. The van der Waals surface area contributed by atoms with Gasteiger partial charge in [0.15, 0.2) is 5.16 Å². The van der Waals surface area contributed by atoms with Gasteiger partial charge in [-0.15, -0.1) is 11.3 Å². The summed E-state index contributed by atoms with van der Waals surface area (Å²) in [7, 11) is 0. The minimum Gasteiger partial charge on any atom is -0.342 e. The number of nitrogens with zero attached hydrogens (tertiary/aromatic N) is 3. The summed E-state index contributed by atoms with van der Waals surface area (Å²) in [5.41, 5.74) is 1.30. The molecule has 0 aromatic carbocycles. The molecule has 2 aromatic heterocycles. The second-order valence-corrected chi connectivity index (χ2v) is 9.74. The first kappa shape index (κ1) is 19.0. The molecule has 1 aliphatic heterocycles. The molecule has 0 N–H and O–H groups in total. The van der Waals surface area contributed by atoms with Crippen molar-refractivity contribution in [3.05, 3.63) is 20.8 Å². The van der Waals surface area contributed by atoms with Crippen molar-refractivity contribution in [2.45, 2.75) is 64.1 Å². The molecule has 3 heterocycles. The zero-order valence-electron chi connectivity index (χ0n) is 16.1. The van der Waals surface area contributed by atoms with E-state index in [1.54, 1.807) is 15.9 Å². The van der Waals surface area contributed by atoms with Crippen molar-refractivity contribution in [2.75, 3.05) is 18.8 Å². The van der Waals surface area contributed by atoms with Gasteiger partial charge in [-0.1, -0.05) is 18.7 Å². The van der Waals surface area contributed by atoms with Gasteiger partial charge in [0, 0.05) is 24.5 Å².